The molecule has 5 rings (SSSR count). The minimum Gasteiger partial charge on any atom is -0.460 e. The minimum atomic E-state index is -0.288. The van der Waals surface area contributed by atoms with E-state index in [9.17, 15) is 4.79 Å². The van der Waals surface area contributed by atoms with E-state index in [1.807, 2.05) is 24.3 Å². The molecule has 4 heterocycles. The Morgan fingerprint density at radius 1 is 1.12 bits per heavy atom. The van der Waals surface area contributed by atoms with E-state index in [0.29, 0.717) is 22.8 Å². The predicted molar refractivity (Wildman–Crippen MR) is 123 cm³/mol. The molecule has 1 aromatic carbocycles. The molecule has 1 aliphatic rings. The molecule has 32 heavy (non-hydrogen) atoms. The Morgan fingerprint density at radius 3 is 2.75 bits per heavy atom. The number of benzene rings is 1. The smallest absolute Gasteiger partial charge is 0.275 e. The molecule has 9 nitrogen and oxygen atoms in total. The lowest BCUT2D eigenvalue weighted by Gasteiger charge is -2.32. The van der Waals surface area contributed by atoms with Gasteiger partial charge in [-0.1, -0.05) is 12.1 Å². The molecule has 0 bridgehead atoms. The van der Waals surface area contributed by atoms with Gasteiger partial charge in [-0.15, -0.1) is 0 Å². The molecular formula is C23H25N7O2. The summed E-state index contributed by atoms with van der Waals surface area (Å²) in [6, 6.07) is 11.7. The van der Waals surface area contributed by atoms with Crippen LogP contribution in [0.5, 0.6) is 0 Å². The summed E-state index contributed by atoms with van der Waals surface area (Å²) in [7, 11) is 2.16. The third kappa shape index (κ3) is 4.34. The fraction of sp³-hybridized carbons (Fsp3) is 0.261. The van der Waals surface area contributed by atoms with E-state index >= 15 is 0 Å². The van der Waals surface area contributed by atoms with E-state index in [2.05, 4.69) is 54.8 Å². The van der Waals surface area contributed by atoms with Crippen molar-refractivity contribution < 1.29 is 9.21 Å². The first-order chi connectivity index (χ1) is 15.7. The summed E-state index contributed by atoms with van der Waals surface area (Å²) in [5, 5.41) is 13.8. The van der Waals surface area contributed by atoms with E-state index in [1.165, 1.54) is 5.56 Å². The van der Waals surface area contributed by atoms with Crippen molar-refractivity contribution in [2.24, 2.45) is 0 Å². The Kier molecular flexibility index (Phi) is 5.57. The number of rotatable bonds is 6. The number of fused-ring (bicyclic) bond motifs is 1. The summed E-state index contributed by atoms with van der Waals surface area (Å²) in [5.41, 5.74) is 3.41. The molecule has 1 amide bonds. The fourth-order valence-corrected chi connectivity index (χ4v) is 3.82. The molecule has 9 heteroatoms. The van der Waals surface area contributed by atoms with Crippen LogP contribution in [-0.4, -0.2) is 64.1 Å². The Labute approximate surface area is 185 Å². The van der Waals surface area contributed by atoms with Crippen LogP contribution in [0.1, 0.15) is 16.1 Å². The molecule has 164 valence electrons. The number of amides is 1. The number of hydrogen-bond acceptors (Lipinski definition) is 7. The molecule has 1 saturated heterocycles. The van der Waals surface area contributed by atoms with Gasteiger partial charge in [0.1, 0.15) is 5.69 Å². The van der Waals surface area contributed by atoms with Crippen LogP contribution in [0.25, 0.3) is 11.0 Å². The highest BCUT2D eigenvalue weighted by Gasteiger charge is 2.17. The van der Waals surface area contributed by atoms with Crippen LogP contribution < -0.4 is 10.6 Å². The van der Waals surface area contributed by atoms with Gasteiger partial charge in [0, 0.05) is 50.0 Å². The number of anilines is 3. The lowest BCUT2D eigenvalue weighted by molar-refractivity contribution is 0.102. The van der Waals surface area contributed by atoms with Crippen LogP contribution in [0.2, 0.25) is 0 Å². The minimum absolute atomic E-state index is 0.288. The average Bonchev–Trinajstić information content (AvgIpc) is 3.47. The second-order valence-electron chi connectivity index (χ2n) is 8.01. The van der Waals surface area contributed by atoms with Gasteiger partial charge in [-0.25, -0.2) is 4.98 Å². The maximum atomic E-state index is 12.9. The van der Waals surface area contributed by atoms with E-state index in [-0.39, 0.29) is 5.91 Å². The maximum Gasteiger partial charge on any atom is 0.275 e. The van der Waals surface area contributed by atoms with Crippen LogP contribution in [0.4, 0.5) is 17.2 Å². The Balaban J connectivity index is 1.24. The number of furan rings is 1. The molecule has 1 aliphatic heterocycles. The van der Waals surface area contributed by atoms with E-state index in [4.69, 9.17) is 4.42 Å². The maximum absolute atomic E-state index is 12.9. The van der Waals surface area contributed by atoms with Crippen molar-refractivity contribution in [1.82, 2.24) is 25.0 Å². The SMILES string of the molecule is CN1CCN(Cc2ccc(NC(=O)c3[nH]ncc3Nc3nccc4ccoc34)cc2)CC1. The number of carbonyl (C=O) groups excluding carboxylic acids is 1. The van der Waals surface area contributed by atoms with E-state index < -0.39 is 0 Å². The third-order valence-electron chi connectivity index (χ3n) is 5.70. The second kappa shape index (κ2) is 8.81. The number of piperazine rings is 1. The first kappa shape index (κ1) is 20.2. The highest BCUT2D eigenvalue weighted by atomic mass is 16.3. The van der Waals surface area contributed by atoms with Gasteiger partial charge in [0.25, 0.3) is 5.91 Å². The van der Waals surface area contributed by atoms with Crippen LogP contribution >= 0.6 is 0 Å². The third-order valence-corrected chi connectivity index (χ3v) is 5.70. The lowest BCUT2D eigenvalue weighted by Crippen LogP contribution is -2.43. The summed E-state index contributed by atoms with van der Waals surface area (Å²) >= 11 is 0. The molecular weight excluding hydrogens is 406 g/mol. The van der Waals surface area contributed by atoms with Crippen LogP contribution in [0.3, 0.4) is 0 Å². The normalized spacial score (nSPS) is 15.2. The number of pyridine rings is 1. The summed E-state index contributed by atoms with van der Waals surface area (Å²) in [6.07, 6.45) is 4.84. The second-order valence-corrected chi connectivity index (χ2v) is 8.01. The fourth-order valence-electron chi connectivity index (χ4n) is 3.82. The van der Waals surface area contributed by atoms with Crippen molar-refractivity contribution in [1.29, 1.82) is 0 Å². The van der Waals surface area contributed by atoms with Crippen molar-refractivity contribution in [3.63, 3.8) is 0 Å². The molecule has 0 spiro atoms. The standard InChI is InChI=1S/C23H25N7O2/c1-29-9-11-30(12-10-29)15-16-2-4-18(5-3-16)26-23(31)20-19(14-25-28-20)27-22-21-17(6-8-24-22)7-13-32-21/h2-8,13-14H,9-12,15H2,1H3,(H,24,27)(H,25,28)(H,26,31). The Hall–Kier alpha value is -3.69. The number of aromatic nitrogens is 3. The number of likely N-dealkylation sites (N-methyl/N-ethyl adjacent to an activating group) is 1. The van der Waals surface area contributed by atoms with Crippen LogP contribution in [-0.2, 0) is 6.54 Å². The average molecular weight is 432 g/mol. The molecule has 4 aromatic rings. The summed E-state index contributed by atoms with van der Waals surface area (Å²) < 4.78 is 5.50. The molecule has 0 unspecified atom stereocenters. The number of H-pyrrole nitrogens is 1. The van der Waals surface area contributed by atoms with E-state index in [0.717, 1.165) is 43.8 Å². The zero-order valence-corrected chi connectivity index (χ0v) is 17.8. The molecule has 0 radical (unpaired) electrons. The predicted octanol–water partition coefficient (Wildman–Crippen LogP) is 3.29. The van der Waals surface area contributed by atoms with Gasteiger partial charge in [-0.05, 0) is 36.9 Å². The van der Waals surface area contributed by atoms with Crippen molar-refractivity contribution in [2.45, 2.75) is 6.54 Å². The molecule has 0 aliphatic carbocycles. The summed E-state index contributed by atoms with van der Waals surface area (Å²) in [5.74, 6) is 0.236. The van der Waals surface area contributed by atoms with Gasteiger partial charge < -0.3 is 20.0 Å². The number of carbonyl (C=O) groups is 1. The van der Waals surface area contributed by atoms with E-state index in [1.54, 1.807) is 18.7 Å². The Bertz CT molecular complexity index is 1210. The molecule has 0 saturated carbocycles. The highest BCUT2D eigenvalue weighted by molar-refractivity contribution is 6.07. The number of nitrogens with one attached hydrogen (secondary N) is 3. The van der Waals surface area contributed by atoms with Gasteiger partial charge in [-0.2, -0.15) is 5.10 Å². The summed E-state index contributed by atoms with van der Waals surface area (Å²) in [6.45, 7) is 5.26. The van der Waals surface area contributed by atoms with Crippen molar-refractivity contribution in [3.05, 3.63) is 66.3 Å². The lowest BCUT2D eigenvalue weighted by atomic mass is 10.1. The van der Waals surface area contributed by atoms with Gasteiger partial charge in [0.2, 0.25) is 0 Å². The molecule has 0 atom stereocenters. The van der Waals surface area contributed by atoms with Crippen LogP contribution in [0.15, 0.2) is 59.5 Å². The monoisotopic (exact) mass is 431 g/mol. The zero-order chi connectivity index (χ0) is 21.9. The molecule has 1 fully saturated rings. The van der Waals surface area contributed by atoms with Crippen molar-refractivity contribution >= 4 is 34.1 Å². The van der Waals surface area contributed by atoms with Crippen molar-refractivity contribution in [3.8, 4) is 0 Å². The number of nitrogens with zero attached hydrogens (tertiary/aromatic N) is 4. The Morgan fingerprint density at radius 2 is 1.94 bits per heavy atom. The molecule has 3 N–H and O–H groups in total. The van der Waals surface area contributed by atoms with Crippen molar-refractivity contribution in [2.75, 3.05) is 43.9 Å². The molecule has 3 aromatic heterocycles. The number of hydrogen-bond donors (Lipinski definition) is 3. The summed E-state index contributed by atoms with van der Waals surface area (Å²) in [4.78, 5) is 22.0. The highest BCUT2D eigenvalue weighted by Crippen LogP contribution is 2.26. The first-order valence-electron chi connectivity index (χ1n) is 10.6. The van der Waals surface area contributed by atoms with Crippen LogP contribution in [0, 0.1) is 0 Å². The van der Waals surface area contributed by atoms with Gasteiger partial charge in [-0.3, -0.25) is 14.8 Å². The topological polar surface area (TPSA) is 102 Å². The first-order valence-corrected chi connectivity index (χ1v) is 10.6. The zero-order valence-electron chi connectivity index (χ0n) is 17.8. The largest absolute Gasteiger partial charge is 0.460 e. The van der Waals surface area contributed by atoms with Gasteiger partial charge in [0.05, 0.1) is 18.1 Å². The quantitative estimate of drug-likeness (QED) is 0.430. The van der Waals surface area contributed by atoms with Gasteiger partial charge in [0.15, 0.2) is 11.4 Å². The number of aromatic amines is 1. The van der Waals surface area contributed by atoms with Gasteiger partial charge >= 0.3 is 0 Å².